The van der Waals surface area contributed by atoms with Gasteiger partial charge in [-0.05, 0) is 32.9 Å². The maximum absolute atomic E-state index is 6.08. The molecule has 0 aliphatic rings. The van der Waals surface area contributed by atoms with E-state index in [4.69, 9.17) is 11.6 Å². The number of anilines is 1. The number of halogens is 1. The molecular formula is C14H18ClN3. The lowest BCUT2D eigenvalue weighted by molar-refractivity contribution is 0.355. The normalized spacial score (nSPS) is 11.6. The van der Waals surface area contributed by atoms with Crippen molar-refractivity contribution >= 4 is 17.3 Å². The Hall–Kier alpha value is -1.48. The average molecular weight is 264 g/mol. The Morgan fingerprint density at radius 2 is 2.00 bits per heavy atom. The SMILES string of the molecule is CC(C)(C)n1cc(CNc2ccccc2Cl)cn1. The van der Waals surface area contributed by atoms with E-state index in [-0.39, 0.29) is 5.54 Å². The lowest BCUT2D eigenvalue weighted by Gasteiger charge is -2.18. The van der Waals surface area contributed by atoms with E-state index in [1.807, 2.05) is 35.1 Å². The van der Waals surface area contributed by atoms with E-state index in [0.717, 1.165) is 22.8 Å². The highest BCUT2D eigenvalue weighted by molar-refractivity contribution is 6.33. The molecule has 0 radical (unpaired) electrons. The van der Waals surface area contributed by atoms with Crippen molar-refractivity contribution in [3.63, 3.8) is 0 Å². The summed E-state index contributed by atoms with van der Waals surface area (Å²) in [6.07, 6.45) is 3.94. The molecule has 0 bridgehead atoms. The molecule has 0 atom stereocenters. The van der Waals surface area contributed by atoms with Gasteiger partial charge in [0.05, 0.1) is 22.4 Å². The van der Waals surface area contributed by atoms with Crippen molar-refractivity contribution in [3.05, 3.63) is 47.2 Å². The summed E-state index contributed by atoms with van der Waals surface area (Å²) in [5.74, 6) is 0. The third kappa shape index (κ3) is 3.05. The highest BCUT2D eigenvalue weighted by Crippen LogP contribution is 2.21. The first-order chi connectivity index (χ1) is 8.47. The van der Waals surface area contributed by atoms with Crippen LogP contribution in [-0.4, -0.2) is 9.78 Å². The molecule has 1 N–H and O–H groups in total. The molecule has 1 aromatic heterocycles. The zero-order valence-electron chi connectivity index (χ0n) is 10.9. The van der Waals surface area contributed by atoms with Crippen LogP contribution in [0.25, 0.3) is 0 Å². The third-order valence-electron chi connectivity index (χ3n) is 2.68. The predicted molar refractivity (Wildman–Crippen MR) is 76.0 cm³/mol. The fourth-order valence-corrected chi connectivity index (χ4v) is 1.82. The van der Waals surface area contributed by atoms with Gasteiger partial charge in [-0.1, -0.05) is 23.7 Å². The van der Waals surface area contributed by atoms with E-state index in [1.165, 1.54) is 0 Å². The summed E-state index contributed by atoms with van der Waals surface area (Å²) in [6, 6.07) is 7.73. The molecule has 0 fully saturated rings. The van der Waals surface area contributed by atoms with Gasteiger partial charge in [0.1, 0.15) is 0 Å². The highest BCUT2D eigenvalue weighted by atomic mass is 35.5. The summed E-state index contributed by atoms with van der Waals surface area (Å²) in [5.41, 5.74) is 2.11. The second kappa shape index (κ2) is 5.02. The fraction of sp³-hybridized carbons (Fsp3) is 0.357. The largest absolute Gasteiger partial charge is 0.380 e. The van der Waals surface area contributed by atoms with Gasteiger partial charge in [0, 0.05) is 18.3 Å². The molecule has 0 aliphatic carbocycles. The standard InChI is InChI=1S/C14H18ClN3/c1-14(2,3)18-10-11(9-17-18)8-16-13-7-5-4-6-12(13)15/h4-7,9-10,16H,8H2,1-3H3. The van der Waals surface area contributed by atoms with Crippen LogP contribution in [0.15, 0.2) is 36.7 Å². The monoisotopic (exact) mass is 263 g/mol. The summed E-state index contributed by atoms with van der Waals surface area (Å²) in [6.45, 7) is 7.11. The van der Waals surface area contributed by atoms with Crippen LogP contribution in [0.2, 0.25) is 5.02 Å². The first-order valence-electron chi connectivity index (χ1n) is 5.99. The first kappa shape index (κ1) is 13.0. The maximum Gasteiger partial charge on any atom is 0.0637 e. The van der Waals surface area contributed by atoms with Gasteiger partial charge < -0.3 is 5.32 Å². The van der Waals surface area contributed by atoms with Crippen molar-refractivity contribution in [2.45, 2.75) is 32.9 Å². The van der Waals surface area contributed by atoms with E-state index in [1.54, 1.807) is 0 Å². The predicted octanol–water partition coefficient (Wildman–Crippen LogP) is 3.90. The lowest BCUT2D eigenvalue weighted by Crippen LogP contribution is -2.21. The average Bonchev–Trinajstić information content (AvgIpc) is 2.76. The van der Waals surface area contributed by atoms with Gasteiger partial charge in [-0.3, -0.25) is 4.68 Å². The van der Waals surface area contributed by atoms with Crippen molar-refractivity contribution in [1.29, 1.82) is 0 Å². The van der Waals surface area contributed by atoms with Gasteiger partial charge in [0.15, 0.2) is 0 Å². The Kier molecular flexibility index (Phi) is 3.62. The molecule has 0 aliphatic heterocycles. The Bertz CT molecular complexity index is 526. The van der Waals surface area contributed by atoms with Crippen LogP contribution >= 0.6 is 11.6 Å². The minimum atomic E-state index is 0.0165. The van der Waals surface area contributed by atoms with E-state index < -0.39 is 0 Å². The lowest BCUT2D eigenvalue weighted by atomic mass is 10.1. The molecule has 18 heavy (non-hydrogen) atoms. The van der Waals surface area contributed by atoms with Gasteiger partial charge in [0.25, 0.3) is 0 Å². The van der Waals surface area contributed by atoms with Crippen LogP contribution in [0.1, 0.15) is 26.3 Å². The zero-order chi connectivity index (χ0) is 13.2. The van der Waals surface area contributed by atoms with E-state index in [0.29, 0.717) is 0 Å². The van der Waals surface area contributed by atoms with E-state index in [2.05, 4.69) is 37.4 Å². The zero-order valence-corrected chi connectivity index (χ0v) is 11.7. The topological polar surface area (TPSA) is 29.9 Å². The Balaban J connectivity index is 2.03. The van der Waals surface area contributed by atoms with Crippen molar-refractivity contribution in [2.24, 2.45) is 0 Å². The minimum absolute atomic E-state index is 0.0165. The molecule has 0 saturated carbocycles. The Morgan fingerprint density at radius 1 is 1.28 bits per heavy atom. The molecule has 3 nitrogen and oxygen atoms in total. The summed E-state index contributed by atoms with van der Waals surface area (Å²) in [4.78, 5) is 0. The summed E-state index contributed by atoms with van der Waals surface area (Å²) < 4.78 is 1.97. The molecule has 0 amide bonds. The number of nitrogens with zero attached hydrogens (tertiary/aromatic N) is 2. The van der Waals surface area contributed by atoms with Gasteiger partial charge in [-0.15, -0.1) is 0 Å². The van der Waals surface area contributed by atoms with Crippen molar-refractivity contribution in [3.8, 4) is 0 Å². The molecule has 96 valence electrons. The fourth-order valence-electron chi connectivity index (χ4n) is 1.62. The van der Waals surface area contributed by atoms with Gasteiger partial charge in [-0.2, -0.15) is 5.10 Å². The Morgan fingerprint density at radius 3 is 2.61 bits per heavy atom. The van der Waals surface area contributed by atoms with Crippen molar-refractivity contribution in [2.75, 3.05) is 5.32 Å². The van der Waals surface area contributed by atoms with Crippen molar-refractivity contribution in [1.82, 2.24) is 9.78 Å². The van der Waals surface area contributed by atoms with Crippen LogP contribution in [0, 0.1) is 0 Å². The second-order valence-corrected chi connectivity index (χ2v) is 5.70. The van der Waals surface area contributed by atoms with Crippen molar-refractivity contribution < 1.29 is 0 Å². The number of aromatic nitrogens is 2. The van der Waals surface area contributed by atoms with E-state index >= 15 is 0 Å². The number of hydrogen-bond acceptors (Lipinski definition) is 2. The van der Waals surface area contributed by atoms with Crippen LogP contribution in [-0.2, 0) is 12.1 Å². The number of hydrogen-bond donors (Lipinski definition) is 1. The summed E-state index contributed by atoms with van der Waals surface area (Å²) in [5, 5.41) is 8.41. The van der Waals surface area contributed by atoms with Gasteiger partial charge in [0.2, 0.25) is 0 Å². The van der Waals surface area contributed by atoms with Crippen LogP contribution < -0.4 is 5.32 Å². The third-order valence-corrected chi connectivity index (χ3v) is 3.01. The van der Waals surface area contributed by atoms with Crippen LogP contribution in [0.4, 0.5) is 5.69 Å². The molecule has 4 heteroatoms. The number of nitrogens with one attached hydrogen (secondary N) is 1. The molecule has 0 saturated heterocycles. The van der Waals surface area contributed by atoms with Gasteiger partial charge in [-0.25, -0.2) is 0 Å². The number of para-hydroxylation sites is 1. The minimum Gasteiger partial charge on any atom is -0.380 e. The molecular weight excluding hydrogens is 246 g/mol. The number of rotatable bonds is 3. The molecule has 2 aromatic rings. The molecule has 1 aromatic carbocycles. The molecule has 0 unspecified atom stereocenters. The number of benzene rings is 1. The summed E-state index contributed by atoms with van der Waals surface area (Å²) >= 11 is 6.08. The first-order valence-corrected chi connectivity index (χ1v) is 6.37. The van der Waals surface area contributed by atoms with Crippen LogP contribution in [0.5, 0.6) is 0 Å². The highest BCUT2D eigenvalue weighted by Gasteiger charge is 2.13. The quantitative estimate of drug-likeness (QED) is 0.910. The van der Waals surface area contributed by atoms with Crippen LogP contribution in [0.3, 0.4) is 0 Å². The summed E-state index contributed by atoms with van der Waals surface area (Å²) in [7, 11) is 0. The van der Waals surface area contributed by atoms with E-state index in [9.17, 15) is 0 Å². The van der Waals surface area contributed by atoms with Gasteiger partial charge >= 0.3 is 0 Å². The molecule has 2 rings (SSSR count). The smallest absolute Gasteiger partial charge is 0.0637 e. The maximum atomic E-state index is 6.08. The second-order valence-electron chi connectivity index (χ2n) is 5.30. The Labute approximate surface area is 113 Å². The molecule has 1 heterocycles. The molecule has 0 spiro atoms.